The molecular weight excluding hydrogens is 349 g/mol. The zero-order valence-corrected chi connectivity index (χ0v) is 13.4. The lowest BCUT2D eigenvalue weighted by Gasteiger charge is -2.06. The van der Waals surface area contributed by atoms with E-state index in [-0.39, 0.29) is 11.3 Å². The Balaban J connectivity index is 2.15. The average molecular weight is 361 g/mol. The first-order valence-corrected chi connectivity index (χ1v) is 8.25. The first-order valence-electron chi connectivity index (χ1n) is 6.81. The van der Waals surface area contributed by atoms with Crippen LogP contribution in [0.1, 0.15) is 0 Å². The molecule has 2 aromatic carbocycles. The quantitative estimate of drug-likeness (QED) is 0.428. The Morgan fingerprint density at radius 1 is 1.16 bits per heavy atom. The Kier molecular flexibility index (Phi) is 5.49. The zero-order valence-electron chi connectivity index (χ0n) is 12.6. The van der Waals surface area contributed by atoms with Gasteiger partial charge >= 0.3 is 0 Å². The van der Waals surface area contributed by atoms with Crippen LogP contribution in [0, 0.1) is 17.1 Å². The van der Waals surface area contributed by atoms with Gasteiger partial charge in [-0.15, -0.1) is 0 Å². The highest BCUT2D eigenvalue weighted by Gasteiger charge is 2.13. The van der Waals surface area contributed by atoms with Gasteiger partial charge in [0.2, 0.25) is 0 Å². The highest BCUT2D eigenvalue weighted by Crippen LogP contribution is 2.16. The summed E-state index contributed by atoms with van der Waals surface area (Å²) < 4.78 is 44.2. The van der Waals surface area contributed by atoms with Gasteiger partial charge in [0.25, 0.3) is 16.0 Å². The predicted molar refractivity (Wildman–Crippen MR) is 88.6 cm³/mol. The molecule has 0 atom stereocenters. The highest BCUT2D eigenvalue weighted by molar-refractivity contribution is 7.85. The summed E-state index contributed by atoms with van der Waals surface area (Å²) in [6, 6.07) is 12.0. The van der Waals surface area contributed by atoms with Crippen LogP contribution in [0.15, 0.2) is 65.2 Å². The van der Waals surface area contributed by atoms with E-state index in [1.807, 2.05) is 0 Å². The van der Waals surface area contributed by atoms with E-state index in [2.05, 4.69) is 10.6 Å². The summed E-state index contributed by atoms with van der Waals surface area (Å²) in [7, 11) is -4.42. The molecule has 0 spiro atoms. The van der Waals surface area contributed by atoms with Crippen LogP contribution in [0.3, 0.4) is 0 Å². The zero-order chi connectivity index (χ0) is 18.4. The summed E-state index contributed by atoms with van der Waals surface area (Å²) >= 11 is 0. The second kappa shape index (κ2) is 7.57. The first kappa shape index (κ1) is 18.1. The molecule has 9 heteroatoms. The maximum absolute atomic E-state index is 13.1. The fraction of sp³-hybridized carbons (Fsp3) is 0. The van der Waals surface area contributed by atoms with Gasteiger partial charge in [0.15, 0.2) is 0 Å². The molecule has 3 N–H and O–H groups in total. The van der Waals surface area contributed by atoms with Crippen LogP contribution in [0.2, 0.25) is 0 Å². The van der Waals surface area contributed by atoms with E-state index in [0.717, 1.165) is 18.3 Å². The molecule has 0 aromatic heterocycles. The standard InChI is InChI=1S/C16H12FN3O4S/c17-12-3-1-4-13(7-12)19-10-11(9-18)16(21)20-14-5-2-6-15(8-14)25(22,23)24/h1-8,10,19H,(H,20,21)(H,22,23,24)/b11-10-. The summed E-state index contributed by atoms with van der Waals surface area (Å²) in [5.41, 5.74) is 0.0995. The van der Waals surface area contributed by atoms with E-state index in [0.29, 0.717) is 5.69 Å². The molecule has 0 heterocycles. The fourth-order valence-electron chi connectivity index (χ4n) is 1.82. The Morgan fingerprint density at radius 3 is 2.48 bits per heavy atom. The summed E-state index contributed by atoms with van der Waals surface area (Å²) in [6.45, 7) is 0. The normalized spacial score (nSPS) is 11.5. The van der Waals surface area contributed by atoms with Crippen molar-refractivity contribution in [1.82, 2.24) is 0 Å². The van der Waals surface area contributed by atoms with Crippen molar-refractivity contribution in [2.75, 3.05) is 10.6 Å². The molecule has 128 valence electrons. The Bertz CT molecular complexity index is 981. The van der Waals surface area contributed by atoms with Gasteiger partial charge in [-0.1, -0.05) is 12.1 Å². The van der Waals surface area contributed by atoms with E-state index in [4.69, 9.17) is 9.81 Å². The van der Waals surface area contributed by atoms with Gasteiger partial charge in [0.05, 0.1) is 4.90 Å². The highest BCUT2D eigenvalue weighted by atomic mass is 32.2. The molecule has 0 aliphatic carbocycles. The lowest BCUT2D eigenvalue weighted by Crippen LogP contribution is -2.15. The van der Waals surface area contributed by atoms with Gasteiger partial charge in [-0.25, -0.2) is 4.39 Å². The van der Waals surface area contributed by atoms with Crippen LogP contribution >= 0.6 is 0 Å². The number of carbonyl (C=O) groups excluding carboxylic acids is 1. The molecule has 2 rings (SSSR count). The van der Waals surface area contributed by atoms with Gasteiger partial charge in [0, 0.05) is 17.6 Å². The Morgan fingerprint density at radius 2 is 1.84 bits per heavy atom. The molecule has 0 bridgehead atoms. The molecule has 7 nitrogen and oxygen atoms in total. The third-order valence-electron chi connectivity index (χ3n) is 2.96. The van der Waals surface area contributed by atoms with Crippen LogP contribution in [-0.4, -0.2) is 18.9 Å². The summed E-state index contributed by atoms with van der Waals surface area (Å²) in [5.74, 6) is -1.29. The van der Waals surface area contributed by atoms with Crippen LogP contribution in [0.5, 0.6) is 0 Å². The molecule has 2 aromatic rings. The Labute approximate surface area is 143 Å². The van der Waals surface area contributed by atoms with Crippen molar-refractivity contribution in [3.63, 3.8) is 0 Å². The third kappa shape index (κ3) is 5.13. The van der Waals surface area contributed by atoms with Crippen molar-refractivity contribution < 1.29 is 22.2 Å². The van der Waals surface area contributed by atoms with Crippen molar-refractivity contribution in [3.8, 4) is 6.07 Å². The summed E-state index contributed by atoms with van der Waals surface area (Å²) in [6.07, 6.45) is 1.09. The lowest BCUT2D eigenvalue weighted by atomic mass is 10.2. The minimum Gasteiger partial charge on any atom is -0.360 e. The Hall–Kier alpha value is -3.22. The largest absolute Gasteiger partial charge is 0.360 e. The molecule has 0 saturated carbocycles. The second-order valence-corrected chi connectivity index (χ2v) is 6.20. The van der Waals surface area contributed by atoms with Gasteiger partial charge < -0.3 is 10.6 Å². The van der Waals surface area contributed by atoms with E-state index < -0.39 is 26.7 Å². The van der Waals surface area contributed by atoms with Gasteiger partial charge in [-0.3, -0.25) is 9.35 Å². The number of hydrogen-bond acceptors (Lipinski definition) is 5. The van der Waals surface area contributed by atoms with Crippen LogP contribution in [0.25, 0.3) is 0 Å². The van der Waals surface area contributed by atoms with E-state index >= 15 is 0 Å². The number of anilines is 2. The number of nitrogens with one attached hydrogen (secondary N) is 2. The van der Waals surface area contributed by atoms with Crippen LogP contribution in [0.4, 0.5) is 15.8 Å². The molecular formula is C16H12FN3O4S. The molecule has 0 aliphatic rings. The lowest BCUT2D eigenvalue weighted by molar-refractivity contribution is -0.112. The van der Waals surface area contributed by atoms with Crippen molar-refractivity contribution in [2.45, 2.75) is 4.90 Å². The number of nitrogens with zero attached hydrogens (tertiary/aromatic N) is 1. The van der Waals surface area contributed by atoms with E-state index in [1.165, 1.54) is 30.3 Å². The minimum atomic E-state index is -4.42. The molecule has 0 fully saturated rings. The number of nitriles is 1. The smallest absolute Gasteiger partial charge is 0.294 e. The molecule has 25 heavy (non-hydrogen) atoms. The van der Waals surface area contributed by atoms with Crippen molar-refractivity contribution in [3.05, 3.63) is 66.1 Å². The van der Waals surface area contributed by atoms with Crippen LogP contribution < -0.4 is 10.6 Å². The first-order chi connectivity index (χ1) is 11.8. The van der Waals surface area contributed by atoms with Gasteiger partial charge in [0.1, 0.15) is 17.5 Å². The molecule has 1 amide bonds. The third-order valence-corrected chi connectivity index (χ3v) is 3.81. The number of rotatable bonds is 5. The second-order valence-electron chi connectivity index (χ2n) is 4.78. The van der Waals surface area contributed by atoms with Crippen LogP contribution in [-0.2, 0) is 14.9 Å². The minimum absolute atomic E-state index is 0.0760. The average Bonchev–Trinajstić information content (AvgIpc) is 2.55. The number of halogens is 1. The summed E-state index contributed by atoms with van der Waals surface area (Å²) in [5, 5.41) is 14.0. The summed E-state index contributed by atoms with van der Waals surface area (Å²) in [4.78, 5) is 11.7. The van der Waals surface area contributed by atoms with E-state index in [9.17, 15) is 17.6 Å². The number of benzene rings is 2. The van der Waals surface area contributed by atoms with E-state index in [1.54, 1.807) is 12.1 Å². The maximum atomic E-state index is 13.1. The number of hydrogen-bond donors (Lipinski definition) is 3. The van der Waals surface area contributed by atoms with Crippen molar-refractivity contribution in [1.29, 1.82) is 5.26 Å². The number of amides is 1. The SMILES string of the molecule is N#C/C(=C/Nc1cccc(F)c1)C(=O)Nc1cccc(S(=O)(=O)O)c1. The number of carbonyl (C=O) groups is 1. The fourth-order valence-corrected chi connectivity index (χ4v) is 2.34. The topological polar surface area (TPSA) is 119 Å². The molecule has 0 aliphatic heterocycles. The maximum Gasteiger partial charge on any atom is 0.294 e. The molecule has 0 unspecified atom stereocenters. The van der Waals surface area contributed by atoms with Gasteiger partial charge in [-0.05, 0) is 36.4 Å². The van der Waals surface area contributed by atoms with Gasteiger partial charge in [-0.2, -0.15) is 13.7 Å². The molecule has 0 saturated heterocycles. The monoisotopic (exact) mass is 361 g/mol. The predicted octanol–water partition coefficient (Wildman–Crippen LogP) is 2.53. The van der Waals surface area contributed by atoms with Crippen molar-refractivity contribution >= 4 is 27.4 Å². The molecule has 0 radical (unpaired) electrons. The van der Waals surface area contributed by atoms with Crippen molar-refractivity contribution in [2.24, 2.45) is 0 Å².